The fourth-order valence-electron chi connectivity index (χ4n) is 5.21. The first-order valence-electron chi connectivity index (χ1n) is 11.0. The van der Waals surface area contributed by atoms with Gasteiger partial charge in [0.1, 0.15) is 0 Å². The van der Waals surface area contributed by atoms with Gasteiger partial charge in [0.25, 0.3) is 5.91 Å². The lowest BCUT2D eigenvalue weighted by Crippen LogP contribution is -2.48. The first-order chi connectivity index (χ1) is 14.9. The number of carbonyl (C=O) groups is 3. The summed E-state index contributed by atoms with van der Waals surface area (Å²) >= 11 is 4.24. The minimum Gasteiger partial charge on any atom is -0.452 e. The third-order valence-electron chi connectivity index (χ3n) is 6.59. The summed E-state index contributed by atoms with van der Waals surface area (Å²) in [5.41, 5.74) is 1.25. The molecule has 1 aliphatic heterocycles. The molecule has 1 aromatic carbocycles. The Morgan fingerprint density at radius 3 is 2.10 bits per heavy atom. The largest absolute Gasteiger partial charge is 0.452 e. The van der Waals surface area contributed by atoms with Gasteiger partial charge in [-0.15, -0.1) is 23.5 Å². The number of anilines is 2. The van der Waals surface area contributed by atoms with Gasteiger partial charge in [-0.1, -0.05) is 6.42 Å². The van der Waals surface area contributed by atoms with Gasteiger partial charge in [-0.05, 0) is 68.7 Å². The average molecular weight is 463 g/mol. The van der Waals surface area contributed by atoms with Gasteiger partial charge in [-0.3, -0.25) is 14.4 Å². The lowest BCUT2D eigenvalue weighted by atomic mass is 9.67. The second-order valence-electron chi connectivity index (χ2n) is 8.74. The summed E-state index contributed by atoms with van der Waals surface area (Å²) in [6.07, 6.45) is 4.57. The molecule has 3 aliphatic rings. The highest BCUT2D eigenvalue weighted by Crippen LogP contribution is 2.64. The molecule has 8 heteroatoms. The number of rotatable bonds is 5. The predicted octanol–water partition coefficient (Wildman–Crippen LogP) is 4.52. The number of amides is 2. The van der Waals surface area contributed by atoms with Crippen molar-refractivity contribution in [3.63, 3.8) is 0 Å². The standard InChI is InChI=1S/C23H30N2O4S2/c1-14(21(27)25-20-8-6-19(7-9-20)24-15(2)26)29-22(28)16-12-17-4-3-5-18(13-16)23(17)30-10-11-31-23/h6-9,14,16-18H,3-5,10-13H2,1-2H3,(H,24,26)(H,25,27)/t14-,16?,17-,18+/m1/s1. The monoisotopic (exact) mass is 462 g/mol. The third-order valence-corrected chi connectivity index (χ3v) is 10.6. The summed E-state index contributed by atoms with van der Waals surface area (Å²) in [5.74, 6) is 2.74. The SMILES string of the molecule is CC(=O)Nc1ccc(NC(=O)[C@@H](C)OC(=O)C2C[C@H]3CCC[C@@H](C2)C32SCCS2)cc1. The Hall–Kier alpha value is -1.67. The van der Waals surface area contributed by atoms with Crippen LogP contribution in [0, 0.1) is 17.8 Å². The molecule has 2 amide bonds. The fourth-order valence-corrected chi connectivity index (χ4v) is 9.15. The number of benzene rings is 1. The molecule has 1 aromatic rings. The predicted molar refractivity (Wildman–Crippen MR) is 126 cm³/mol. The number of nitrogens with one attached hydrogen (secondary N) is 2. The van der Waals surface area contributed by atoms with Crippen molar-refractivity contribution in [1.29, 1.82) is 0 Å². The van der Waals surface area contributed by atoms with Crippen LogP contribution in [0.5, 0.6) is 0 Å². The second-order valence-corrected chi connectivity index (χ2v) is 11.7. The van der Waals surface area contributed by atoms with Crippen molar-refractivity contribution in [3.05, 3.63) is 24.3 Å². The molecule has 1 saturated heterocycles. The van der Waals surface area contributed by atoms with Gasteiger partial charge in [-0.2, -0.15) is 0 Å². The molecule has 4 atom stereocenters. The molecule has 0 aromatic heterocycles. The zero-order valence-electron chi connectivity index (χ0n) is 18.0. The molecular weight excluding hydrogens is 432 g/mol. The summed E-state index contributed by atoms with van der Waals surface area (Å²) in [6.45, 7) is 3.06. The number of esters is 1. The summed E-state index contributed by atoms with van der Waals surface area (Å²) in [6, 6.07) is 6.83. The van der Waals surface area contributed by atoms with Crippen LogP contribution in [-0.4, -0.2) is 39.5 Å². The van der Waals surface area contributed by atoms with Gasteiger partial charge in [0.2, 0.25) is 5.91 Å². The first kappa shape index (κ1) is 22.5. The molecule has 3 fully saturated rings. The molecule has 2 saturated carbocycles. The molecule has 31 heavy (non-hydrogen) atoms. The molecule has 4 rings (SSSR count). The van der Waals surface area contributed by atoms with Crippen molar-refractivity contribution in [3.8, 4) is 0 Å². The van der Waals surface area contributed by atoms with Crippen LogP contribution >= 0.6 is 23.5 Å². The van der Waals surface area contributed by atoms with Crippen LogP contribution in [0.4, 0.5) is 11.4 Å². The quantitative estimate of drug-likeness (QED) is 0.626. The van der Waals surface area contributed by atoms with E-state index in [1.807, 2.05) is 0 Å². The molecule has 168 valence electrons. The average Bonchev–Trinajstić information content (AvgIpc) is 3.18. The molecular formula is C23H30N2O4S2. The molecule has 6 nitrogen and oxygen atoms in total. The van der Waals surface area contributed by atoms with E-state index in [4.69, 9.17) is 4.74 Å². The zero-order chi connectivity index (χ0) is 22.0. The van der Waals surface area contributed by atoms with Crippen molar-refractivity contribution < 1.29 is 19.1 Å². The molecule has 0 radical (unpaired) electrons. The van der Waals surface area contributed by atoms with E-state index in [9.17, 15) is 14.4 Å². The van der Waals surface area contributed by atoms with Crippen LogP contribution in [0.2, 0.25) is 0 Å². The van der Waals surface area contributed by atoms with Crippen molar-refractivity contribution >= 4 is 52.7 Å². The van der Waals surface area contributed by atoms with Gasteiger partial charge in [0.15, 0.2) is 6.10 Å². The van der Waals surface area contributed by atoms with E-state index in [0.717, 1.165) is 12.8 Å². The van der Waals surface area contributed by atoms with Gasteiger partial charge in [0.05, 0.1) is 10.00 Å². The van der Waals surface area contributed by atoms with Crippen molar-refractivity contribution in [2.24, 2.45) is 17.8 Å². The lowest BCUT2D eigenvalue weighted by molar-refractivity contribution is -0.159. The molecule has 1 heterocycles. The van der Waals surface area contributed by atoms with Gasteiger partial charge < -0.3 is 15.4 Å². The maximum Gasteiger partial charge on any atom is 0.309 e. The lowest BCUT2D eigenvalue weighted by Gasteiger charge is -2.51. The minimum atomic E-state index is -0.853. The highest BCUT2D eigenvalue weighted by atomic mass is 32.2. The highest BCUT2D eigenvalue weighted by Gasteiger charge is 2.55. The van der Waals surface area contributed by atoms with Crippen LogP contribution in [0.3, 0.4) is 0 Å². The number of thioether (sulfide) groups is 2. The van der Waals surface area contributed by atoms with E-state index >= 15 is 0 Å². The summed E-state index contributed by atoms with van der Waals surface area (Å²) in [4.78, 5) is 36.5. The van der Waals surface area contributed by atoms with E-state index in [1.54, 1.807) is 31.2 Å². The molecule has 1 spiro atoms. The normalized spacial score (nSPS) is 27.4. The summed E-state index contributed by atoms with van der Waals surface area (Å²) in [7, 11) is 0. The van der Waals surface area contributed by atoms with Gasteiger partial charge >= 0.3 is 5.97 Å². The summed E-state index contributed by atoms with van der Waals surface area (Å²) in [5, 5.41) is 5.46. The first-order valence-corrected chi connectivity index (χ1v) is 13.0. The highest BCUT2D eigenvalue weighted by molar-refractivity contribution is 8.21. The second kappa shape index (κ2) is 9.45. The van der Waals surface area contributed by atoms with Crippen LogP contribution in [0.25, 0.3) is 0 Å². The maximum absolute atomic E-state index is 12.9. The van der Waals surface area contributed by atoms with Gasteiger partial charge in [0, 0.05) is 29.8 Å². The minimum absolute atomic E-state index is 0.102. The molecule has 2 bridgehead atoms. The molecule has 2 N–H and O–H groups in total. The van der Waals surface area contributed by atoms with E-state index in [2.05, 4.69) is 34.2 Å². The Morgan fingerprint density at radius 1 is 1.00 bits per heavy atom. The van der Waals surface area contributed by atoms with E-state index in [-0.39, 0.29) is 23.7 Å². The van der Waals surface area contributed by atoms with Crippen LogP contribution < -0.4 is 10.6 Å². The van der Waals surface area contributed by atoms with Crippen molar-refractivity contribution in [2.45, 2.75) is 56.1 Å². The molecule has 1 unspecified atom stereocenters. The summed E-state index contributed by atoms with van der Waals surface area (Å²) < 4.78 is 5.92. The zero-order valence-corrected chi connectivity index (χ0v) is 19.7. The van der Waals surface area contributed by atoms with Crippen molar-refractivity contribution in [2.75, 3.05) is 22.1 Å². The Balaban J connectivity index is 1.31. The van der Waals surface area contributed by atoms with Gasteiger partial charge in [-0.25, -0.2) is 0 Å². The Labute approximate surface area is 192 Å². The van der Waals surface area contributed by atoms with Crippen LogP contribution in [-0.2, 0) is 19.1 Å². The number of carbonyl (C=O) groups excluding carboxylic acids is 3. The Bertz CT molecular complexity index is 822. The maximum atomic E-state index is 12.9. The number of hydrogen-bond acceptors (Lipinski definition) is 6. The molecule has 2 aliphatic carbocycles. The van der Waals surface area contributed by atoms with E-state index in [1.165, 1.54) is 37.7 Å². The van der Waals surface area contributed by atoms with Crippen LogP contribution in [0.1, 0.15) is 46.0 Å². The van der Waals surface area contributed by atoms with Crippen molar-refractivity contribution in [1.82, 2.24) is 0 Å². The van der Waals surface area contributed by atoms with E-state index < -0.39 is 6.10 Å². The topological polar surface area (TPSA) is 84.5 Å². The Morgan fingerprint density at radius 2 is 1.55 bits per heavy atom. The number of ether oxygens (including phenoxy) is 1. The third kappa shape index (κ3) is 4.90. The van der Waals surface area contributed by atoms with E-state index in [0.29, 0.717) is 27.3 Å². The Kier molecular flexibility index (Phi) is 6.86. The number of hydrogen-bond donors (Lipinski definition) is 2. The fraction of sp³-hybridized carbons (Fsp3) is 0.609. The van der Waals surface area contributed by atoms with Crippen LogP contribution in [0.15, 0.2) is 24.3 Å². The smallest absolute Gasteiger partial charge is 0.309 e.